The van der Waals surface area contributed by atoms with Gasteiger partial charge in [-0.2, -0.15) is 0 Å². The molecule has 1 aliphatic rings. The highest BCUT2D eigenvalue weighted by Gasteiger charge is 2.44. The number of hydrogen-bond donors (Lipinski definition) is 7. The lowest BCUT2D eigenvalue weighted by atomic mass is 9.98. The minimum Gasteiger partial charge on any atom is -0.394 e. The van der Waals surface area contributed by atoms with E-state index in [2.05, 4.69) is 19.2 Å². The molecule has 61 heavy (non-hydrogen) atoms. The Morgan fingerprint density at radius 1 is 0.508 bits per heavy atom. The van der Waals surface area contributed by atoms with E-state index in [9.17, 15) is 35.4 Å². The van der Waals surface area contributed by atoms with Crippen molar-refractivity contribution in [2.75, 3.05) is 13.2 Å². The molecule has 0 radical (unpaired) electrons. The fraction of sp³-hybridized carbons (Fsp3) is 0.980. The maximum absolute atomic E-state index is 13.0. The summed E-state index contributed by atoms with van der Waals surface area (Å²) in [7, 11) is 0. The number of nitrogens with one attached hydrogen (secondary N) is 1. The summed E-state index contributed by atoms with van der Waals surface area (Å²) in [6.07, 6.45) is 36.9. The highest BCUT2D eigenvalue weighted by molar-refractivity contribution is 5.76. The third-order valence-electron chi connectivity index (χ3n) is 13.1. The topological polar surface area (TPSA) is 169 Å². The van der Waals surface area contributed by atoms with Crippen molar-refractivity contribution >= 4 is 5.91 Å². The number of unbranched alkanes of at least 4 members (excludes halogenated alkanes) is 34. The van der Waals surface area contributed by atoms with E-state index in [0.29, 0.717) is 6.42 Å². The van der Waals surface area contributed by atoms with Gasteiger partial charge in [0.15, 0.2) is 6.29 Å². The van der Waals surface area contributed by atoms with Crippen molar-refractivity contribution in [3.63, 3.8) is 0 Å². The monoisotopic (exact) mass is 872 g/mol. The van der Waals surface area contributed by atoms with Crippen LogP contribution in [0.1, 0.15) is 258 Å². The molecule has 7 N–H and O–H groups in total. The molecule has 0 aromatic rings. The summed E-state index contributed by atoms with van der Waals surface area (Å²) in [6.45, 7) is 3.64. The SMILES string of the molecule is CCCCCCCCCCCCCCCCCCCCCCCCCC(=O)NC(CO[C@H]1OC(CO)[C@H](O)[C@H](O)C1O)[C@H](O)[C@H](O)CCCCCCCCCCCCCCC. The summed E-state index contributed by atoms with van der Waals surface area (Å²) in [6, 6.07) is -0.985. The Bertz CT molecular complexity index is 942. The molecular formula is C51H101NO9. The van der Waals surface area contributed by atoms with E-state index in [1.165, 1.54) is 193 Å². The normalized spacial score (nSPS) is 20.8. The second-order valence-corrected chi connectivity index (χ2v) is 18.8. The highest BCUT2D eigenvalue weighted by atomic mass is 16.7. The molecule has 10 heteroatoms. The summed E-state index contributed by atoms with van der Waals surface area (Å²) in [5.74, 6) is -0.252. The van der Waals surface area contributed by atoms with Gasteiger partial charge in [-0.3, -0.25) is 4.79 Å². The van der Waals surface area contributed by atoms with Crippen molar-refractivity contribution in [3.8, 4) is 0 Å². The average Bonchev–Trinajstić information content (AvgIpc) is 3.26. The van der Waals surface area contributed by atoms with Gasteiger partial charge in [0, 0.05) is 6.42 Å². The summed E-state index contributed by atoms with van der Waals surface area (Å²) in [5, 5.41) is 65.3. The molecule has 0 aromatic carbocycles. The molecule has 1 rings (SSSR count). The number of hydrogen-bond acceptors (Lipinski definition) is 9. The molecule has 0 aliphatic carbocycles. The molecule has 1 amide bonds. The van der Waals surface area contributed by atoms with Crippen molar-refractivity contribution < 1.29 is 44.9 Å². The lowest BCUT2D eigenvalue weighted by Gasteiger charge is -2.40. The Morgan fingerprint density at radius 2 is 0.852 bits per heavy atom. The minimum absolute atomic E-state index is 0.252. The molecule has 1 saturated heterocycles. The first-order valence-electron chi connectivity index (χ1n) is 26.3. The first-order valence-corrected chi connectivity index (χ1v) is 26.3. The predicted octanol–water partition coefficient (Wildman–Crippen LogP) is 10.9. The summed E-state index contributed by atoms with van der Waals surface area (Å²) in [4.78, 5) is 13.0. The third kappa shape index (κ3) is 31.6. The molecule has 0 saturated carbocycles. The molecule has 8 atom stereocenters. The third-order valence-corrected chi connectivity index (χ3v) is 13.1. The number of ether oxygens (including phenoxy) is 2. The van der Waals surface area contributed by atoms with Gasteiger partial charge < -0.3 is 45.4 Å². The maximum atomic E-state index is 13.0. The molecule has 0 bridgehead atoms. The van der Waals surface area contributed by atoms with Crippen LogP contribution in [0.25, 0.3) is 0 Å². The Kier molecular flexibility index (Phi) is 39.9. The molecule has 1 fully saturated rings. The van der Waals surface area contributed by atoms with E-state index in [1.807, 2.05) is 0 Å². The standard InChI is InChI=1S/C51H101NO9/c1-3-5-7-9-11-13-15-17-18-19-20-21-22-23-24-25-26-28-30-32-34-36-38-40-46(55)52-43(42-60-51-50(59)49(58)48(57)45(41-53)61-51)47(56)44(54)39-37-35-33-31-29-27-16-14-12-10-8-6-4-2/h43-45,47-51,53-54,56-59H,3-42H2,1-2H3,(H,52,55)/t43?,44-,45?,47+,48+,49+,50?,51+/m1/s1. The highest BCUT2D eigenvalue weighted by Crippen LogP contribution is 2.23. The van der Waals surface area contributed by atoms with E-state index in [-0.39, 0.29) is 18.9 Å². The van der Waals surface area contributed by atoms with Crippen molar-refractivity contribution in [1.82, 2.24) is 5.32 Å². The number of carbonyl (C=O) groups excluding carboxylic acids is 1. The van der Waals surface area contributed by atoms with E-state index < -0.39 is 55.6 Å². The molecule has 0 spiro atoms. The van der Waals surface area contributed by atoms with Crippen LogP contribution in [0.5, 0.6) is 0 Å². The van der Waals surface area contributed by atoms with Crippen LogP contribution in [0.2, 0.25) is 0 Å². The molecule has 10 nitrogen and oxygen atoms in total. The van der Waals surface area contributed by atoms with Crippen LogP contribution in [0.4, 0.5) is 0 Å². The molecule has 3 unspecified atom stereocenters. The Balaban J connectivity index is 2.26. The van der Waals surface area contributed by atoms with E-state index >= 15 is 0 Å². The fourth-order valence-corrected chi connectivity index (χ4v) is 8.79. The largest absolute Gasteiger partial charge is 0.394 e. The van der Waals surface area contributed by atoms with Crippen molar-refractivity contribution in [2.24, 2.45) is 0 Å². The zero-order valence-electron chi connectivity index (χ0n) is 39.8. The van der Waals surface area contributed by atoms with Crippen molar-refractivity contribution in [1.29, 1.82) is 0 Å². The minimum atomic E-state index is -1.60. The van der Waals surface area contributed by atoms with Crippen LogP contribution < -0.4 is 5.32 Å². The van der Waals surface area contributed by atoms with Crippen LogP contribution >= 0.6 is 0 Å². The van der Waals surface area contributed by atoms with Gasteiger partial charge in [-0.05, 0) is 12.8 Å². The first kappa shape index (κ1) is 58.2. The average molecular weight is 872 g/mol. The van der Waals surface area contributed by atoms with Gasteiger partial charge >= 0.3 is 0 Å². The van der Waals surface area contributed by atoms with Crippen LogP contribution in [0.3, 0.4) is 0 Å². The Labute approximate surface area is 375 Å². The molecule has 0 aromatic heterocycles. The maximum Gasteiger partial charge on any atom is 0.220 e. The second kappa shape index (κ2) is 41.8. The van der Waals surface area contributed by atoms with Gasteiger partial charge in [0.05, 0.1) is 25.4 Å². The lowest BCUT2D eigenvalue weighted by Crippen LogP contribution is -2.60. The smallest absolute Gasteiger partial charge is 0.220 e. The predicted molar refractivity (Wildman–Crippen MR) is 250 cm³/mol. The van der Waals surface area contributed by atoms with Gasteiger partial charge in [0.1, 0.15) is 30.5 Å². The number of amides is 1. The summed E-state index contributed by atoms with van der Waals surface area (Å²) < 4.78 is 11.2. The van der Waals surface area contributed by atoms with Gasteiger partial charge in [-0.15, -0.1) is 0 Å². The van der Waals surface area contributed by atoms with Crippen LogP contribution in [-0.4, -0.2) is 98.7 Å². The second-order valence-electron chi connectivity index (χ2n) is 18.8. The quantitative estimate of drug-likeness (QED) is 0.0295. The number of aliphatic hydroxyl groups is 6. The zero-order chi connectivity index (χ0) is 44.6. The lowest BCUT2D eigenvalue weighted by molar-refractivity contribution is -0.303. The van der Waals surface area contributed by atoms with Crippen LogP contribution in [-0.2, 0) is 14.3 Å². The summed E-state index contributed by atoms with van der Waals surface area (Å²) >= 11 is 0. The Hall–Kier alpha value is -0.850. The summed E-state index contributed by atoms with van der Waals surface area (Å²) in [5.41, 5.74) is 0. The van der Waals surface area contributed by atoms with Gasteiger partial charge in [0.2, 0.25) is 5.91 Å². The van der Waals surface area contributed by atoms with E-state index in [4.69, 9.17) is 9.47 Å². The molecule has 364 valence electrons. The van der Waals surface area contributed by atoms with Gasteiger partial charge in [-0.1, -0.05) is 239 Å². The van der Waals surface area contributed by atoms with Crippen molar-refractivity contribution in [2.45, 2.75) is 307 Å². The number of aliphatic hydroxyl groups excluding tert-OH is 6. The fourth-order valence-electron chi connectivity index (χ4n) is 8.79. The Morgan fingerprint density at radius 3 is 1.21 bits per heavy atom. The number of rotatable bonds is 45. The molecule has 1 aliphatic heterocycles. The zero-order valence-corrected chi connectivity index (χ0v) is 39.8. The van der Waals surface area contributed by atoms with Gasteiger partial charge in [-0.25, -0.2) is 0 Å². The van der Waals surface area contributed by atoms with E-state index in [0.717, 1.165) is 38.5 Å². The molecular weight excluding hydrogens is 771 g/mol. The molecule has 1 heterocycles. The van der Waals surface area contributed by atoms with Crippen molar-refractivity contribution in [3.05, 3.63) is 0 Å². The van der Waals surface area contributed by atoms with Crippen LogP contribution in [0, 0.1) is 0 Å². The van der Waals surface area contributed by atoms with E-state index in [1.54, 1.807) is 0 Å². The van der Waals surface area contributed by atoms with Crippen LogP contribution in [0.15, 0.2) is 0 Å². The van der Waals surface area contributed by atoms with Gasteiger partial charge in [0.25, 0.3) is 0 Å². The first-order chi connectivity index (χ1) is 29.8. The number of carbonyl (C=O) groups is 1.